The van der Waals surface area contributed by atoms with E-state index in [2.05, 4.69) is 71.6 Å². The van der Waals surface area contributed by atoms with Gasteiger partial charge in [0.2, 0.25) is 0 Å². The summed E-state index contributed by atoms with van der Waals surface area (Å²) in [5.74, 6) is 0. The topological polar surface area (TPSA) is 0 Å². The minimum Gasteiger partial charge on any atom is -0.143 e. The quantitative estimate of drug-likeness (QED) is 0.591. The lowest BCUT2D eigenvalue weighted by Crippen LogP contribution is -1.78. The van der Waals surface area contributed by atoms with Crippen LogP contribution in [0.3, 0.4) is 0 Å². The van der Waals surface area contributed by atoms with Crippen molar-refractivity contribution in [1.82, 2.24) is 0 Å². The van der Waals surface area contributed by atoms with Gasteiger partial charge in [-0.15, -0.1) is 12.6 Å². The molecule has 0 saturated heterocycles. The third kappa shape index (κ3) is 2.30. The van der Waals surface area contributed by atoms with Crippen LogP contribution in [0.2, 0.25) is 0 Å². The average molecular weight is 312 g/mol. The fourth-order valence-corrected chi connectivity index (χ4v) is 2.12. The highest BCUT2D eigenvalue weighted by molar-refractivity contribution is 14.1. The number of thiol groups is 1. The van der Waals surface area contributed by atoms with Crippen molar-refractivity contribution in [2.24, 2.45) is 0 Å². The Morgan fingerprint density at radius 2 is 1.50 bits per heavy atom. The van der Waals surface area contributed by atoms with Gasteiger partial charge in [-0.3, -0.25) is 0 Å². The van der Waals surface area contributed by atoms with E-state index in [9.17, 15) is 0 Å². The second-order valence-corrected chi connectivity index (χ2v) is 4.82. The second kappa shape index (κ2) is 4.36. The SMILES string of the molecule is Sc1cccc(-c2cccc(I)c2)c1. The Labute approximate surface area is 103 Å². The van der Waals surface area contributed by atoms with Crippen molar-refractivity contribution in [2.45, 2.75) is 4.90 Å². The van der Waals surface area contributed by atoms with Gasteiger partial charge >= 0.3 is 0 Å². The van der Waals surface area contributed by atoms with Gasteiger partial charge in [0.1, 0.15) is 0 Å². The highest BCUT2D eigenvalue weighted by Crippen LogP contribution is 2.23. The predicted octanol–water partition coefficient (Wildman–Crippen LogP) is 4.25. The summed E-state index contributed by atoms with van der Waals surface area (Å²) in [6.07, 6.45) is 0. The van der Waals surface area contributed by atoms with E-state index in [4.69, 9.17) is 0 Å². The Morgan fingerprint density at radius 1 is 0.857 bits per heavy atom. The van der Waals surface area contributed by atoms with Crippen molar-refractivity contribution in [3.05, 3.63) is 52.1 Å². The predicted molar refractivity (Wildman–Crippen MR) is 71.8 cm³/mol. The van der Waals surface area contributed by atoms with Crippen LogP contribution >= 0.6 is 35.2 Å². The average Bonchev–Trinajstić information content (AvgIpc) is 2.18. The maximum absolute atomic E-state index is 4.33. The third-order valence-electron chi connectivity index (χ3n) is 2.00. The molecule has 0 aliphatic heterocycles. The summed E-state index contributed by atoms with van der Waals surface area (Å²) < 4.78 is 1.25. The molecule has 0 heterocycles. The first-order valence-electron chi connectivity index (χ1n) is 4.31. The number of hydrogen-bond acceptors (Lipinski definition) is 1. The number of hydrogen-bond donors (Lipinski definition) is 1. The van der Waals surface area contributed by atoms with Gasteiger partial charge in [0, 0.05) is 8.47 Å². The fourth-order valence-electron chi connectivity index (χ4n) is 1.35. The lowest BCUT2D eigenvalue weighted by atomic mass is 10.1. The zero-order valence-electron chi connectivity index (χ0n) is 7.44. The molecule has 0 aliphatic rings. The molecular weight excluding hydrogens is 303 g/mol. The van der Waals surface area contributed by atoms with E-state index in [0.29, 0.717) is 0 Å². The van der Waals surface area contributed by atoms with E-state index in [1.807, 2.05) is 12.1 Å². The number of benzene rings is 2. The van der Waals surface area contributed by atoms with Crippen LogP contribution in [0.1, 0.15) is 0 Å². The first-order valence-corrected chi connectivity index (χ1v) is 5.83. The fraction of sp³-hybridized carbons (Fsp3) is 0. The molecule has 2 heteroatoms. The van der Waals surface area contributed by atoms with Crippen molar-refractivity contribution in [1.29, 1.82) is 0 Å². The van der Waals surface area contributed by atoms with E-state index < -0.39 is 0 Å². The summed E-state index contributed by atoms with van der Waals surface area (Å²) in [5, 5.41) is 0. The summed E-state index contributed by atoms with van der Waals surface area (Å²) in [6.45, 7) is 0. The van der Waals surface area contributed by atoms with E-state index in [0.717, 1.165) is 4.90 Å². The van der Waals surface area contributed by atoms with E-state index >= 15 is 0 Å². The van der Waals surface area contributed by atoms with Gasteiger partial charge in [0.15, 0.2) is 0 Å². The van der Waals surface area contributed by atoms with Gasteiger partial charge in [-0.1, -0.05) is 24.3 Å². The zero-order valence-corrected chi connectivity index (χ0v) is 10.5. The largest absolute Gasteiger partial charge is 0.143 e. The smallest absolute Gasteiger partial charge is 0.0136 e. The molecule has 14 heavy (non-hydrogen) atoms. The molecule has 2 rings (SSSR count). The monoisotopic (exact) mass is 312 g/mol. The molecule has 2 aromatic rings. The number of rotatable bonds is 1. The van der Waals surface area contributed by atoms with Gasteiger partial charge in [-0.2, -0.15) is 0 Å². The Morgan fingerprint density at radius 3 is 2.14 bits per heavy atom. The van der Waals surface area contributed by atoms with Crippen LogP contribution in [0.25, 0.3) is 11.1 Å². The molecule has 0 N–H and O–H groups in total. The summed E-state index contributed by atoms with van der Waals surface area (Å²) in [6, 6.07) is 16.6. The van der Waals surface area contributed by atoms with Crippen LogP contribution in [0.15, 0.2) is 53.4 Å². The van der Waals surface area contributed by atoms with Crippen LogP contribution in [0.5, 0.6) is 0 Å². The molecule has 0 atom stereocenters. The third-order valence-corrected chi connectivity index (χ3v) is 2.95. The van der Waals surface area contributed by atoms with Gasteiger partial charge in [-0.05, 0) is 58.0 Å². The molecule has 0 unspecified atom stereocenters. The first-order chi connectivity index (χ1) is 6.75. The van der Waals surface area contributed by atoms with Gasteiger partial charge in [0.25, 0.3) is 0 Å². The minimum atomic E-state index is 1.00. The molecule has 2 aromatic carbocycles. The molecule has 0 spiro atoms. The Bertz CT molecular complexity index is 408. The van der Waals surface area contributed by atoms with Crippen LogP contribution < -0.4 is 0 Å². The standard InChI is InChI=1S/C12H9IS/c13-11-5-1-3-9(7-11)10-4-2-6-12(14)8-10/h1-8,14H. The molecule has 0 radical (unpaired) electrons. The summed E-state index contributed by atoms with van der Waals surface area (Å²) >= 11 is 6.65. The Hall–Kier alpha value is -0.480. The molecule has 0 aliphatic carbocycles. The van der Waals surface area contributed by atoms with Crippen molar-refractivity contribution in [3.63, 3.8) is 0 Å². The van der Waals surface area contributed by atoms with Crippen molar-refractivity contribution in [3.8, 4) is 11.1 Å². The molecule has 70 valence electrons. The van der Waals surface area contributed by atoms with Crippen LogP contribution in [0, 0.1) is 3.57 Å². The Balaban J connectivity index is 2.49. The van der Waals surface area contributed by atoms with Crippen molar-refractivity contribution < 1.29 is 0 Å². The minimum absolute atomic E-state index is 1.00. The molecule has 0 saturated carbocycles. The molecule has 0 bridgehead atoms. The maximum atomic E-state index is 4.33. The zero-order chi connectivity index (χ0) is 9.97. The van der Waals surface area contributed by atoms with Crippen molar-refractivity contribution >= 4 is 35.2 Å². The molecular formula is C12H9IS. The van der Waals surface area contributed by atoms with E-state index in [-0.39, 0.29) is 0 Å². The summed E-state index contributed by atoms with van der Waals surface area (Å²) in [4.78, 5) is 1.00. The van der Waals surface area contributed by atoms with Crippen LogP contribution in [-0.4, -0.2) is 0 Å². The van der Waals surface area contributed by atoms with Gasteiger partial charge in [-0.25, -0.2) is 0 Å². The maximum Gasteiger partial charge on any atom is 0.0136 e. The van der Waals surface area contributed by atoms with E-state index in [1.54, 1.807) is 0 Å². The molecule has 0 nitrogen and oxygen atoms in total. The second-order valence-electron chi connectivity index (χ2n) is 3.06. The molecule has 0 amide bonds. The first kappa shape index (κ1) is 10.1. The van der Waals surface area contributed by atoms with Crippen LogP contribution in [-0.2, 0) is 0 Å². The highest BCUT2D eigenvalue weighted by atomic mass is 127. The van der Waals surface area contributed by atoms with Crippen molar-refractivity contribution in [2.75, 3.05) is 0 Å². The normalized spacial score (nSPS) is 10.1. The van der Waals surface area contributed by atoms with Gasteiger partial charge in [0.05, 0.1) is 0 Å². The lowest BCUT2D eigenvalue weighted by Gasteiger charge is -2.02. The van der Waals surface area contributed by atoms with E-state index in [1.165, 1.54) is 14.7 Å². The summed E-state index contributed by atoms with van der Waals surface area (Å²) in [5.41, 5.74) is 2.46. The summed E-state index contributed by atoms with van der Waals surface area (Å²) in [7, 11) is 0. The van der Waals surface area contributed by atoms with Crippen LogP contribution in [0.4, 0.5) is 0 Å². The molecule has 0 fully saturated rings. The Kier molecular flexibility index (Phi) is 3.13. The number of halogens is 1. The van der Waals surface area contributed by atoms with Gasteiger partial charge < -0.3 is 0 Å². The molecule has 0 aromatic heterocycles. The lowest BCUT2D eigenvalue weighted by molar-refractivity contribution is 1.46. The highest BCUT2D eigenvalue weighted by Gasteiger charge is 1.97.